The molecule has 0 saturated carbocycles. The zero-order valence-corrected chi connectivity index (χ0v) is 11.2. The van der Waals surface area contributed by atoms with Crippen LogP contribution >= 0.6 is 27.5 Å². The van der Waals surface area contributed by atoms with Crippen molar-refractivity contribution in [3.63, 3.8) is 0 Å². The Balaban J connectivity index is 2.30. The van der Waals surface area contributed by atoms with Gasteiger partial charge in [0.05, 0.1) is 4.47 Å². The molecule has 5 nitrogen and oxygen atoms in total. The third-order valence-electron chi connectivity index (χ3n) is 1.85. The molecule has 0 atom stereocenters. The highest BCUT2D eigenvalue weighted by Gasteiger charge is 2.07. The van der Waals surface area contributed by atoms with Gasteiger partial charge < -0.3 is 10.1 Å². The maximum Gasteiger partial charge on any atom is 0.328 e. The Hall–Kier alpha value is -1.40. The topological polar surface area (TPSA) is 59.9 Å². The molecule has 0 aliphatic carbocycles. The number of hydrogen-bond donors (Lipinski definition) is 1. The Labute approximate surface area is 111 Å². The van der Waals surface area contributed by atoms with Crippen LogP contribution in [0.5, 0.6) is 11.8 Å². The fraction of sp³-hybridized carbons (Fsp3) is 0.100. The lowest BCUT2D eigenvalue weighted by Gasteiger charge is -2.06. The van der Waals surface area contributed by atoms with E-state index in [-0.39, 0.29) is 11.3 Å². The van der Waals surface area contributed by atoms with Gasteiger partial charge in [0.1, 0.15) is 5.75 Å². The summed E-state index contributed by atoms with van der Waals surface area (Å²) in [6.45, 7) is 0. The monoisotopic (exact) mass is 314 g/mol. The first-order valence-corrected chi connectivity index (χ1v) is 5.88. The summed E-state index contributed by atoms with van der Waals surface area (Å²) in [5, 5.41) is 2.85. The van der Waals surface area contributed by atoms with Gasteiger partial charge in [-0.05, 0) is 39.7 Å². The van der Waals surface area contributed by atoms with Gasteiger partial charge in [-0.15, -0.1) is 0 Å². The number of nitrogens with one attached hydrogen (secondary N) is 1. The van der Waals surface area contributed by atoms with E-state index in [0.717, 1.165) is 4.47 Å². The van der Waals surface area contributed by atoms with Crippen LogP contribution in [0.2, 0.25) is 5.28 Å². The molecule has 0 amide bonds. The van der Waals surface area contributed by atoms with Gasteiger partial charge in [-0.1, -0.05) is 12.1 Å². The largest absolute Gasteiger partial charge is 0.423 e. The number of anilines is 1. The summed E-state index contributed by atoms with van der Waals surface area (Å²) in [5.74, 6) is 0.962. The smallest absolute Gasteiger partial charge is 0.328 e. The van der Waals surface area contributed by atoms with E-state index in [2.05, 4.69) is 36.2 Å². The van der Waals surface area contributed by atoms with E-state index in [4.69, 9.17) is 16.3 Å². The molecule has 1 N–H and O–H groups in total. The van der Waals surface area contributed by atoms with E-state index in [1.54, 1.807) is 13.1 Å². The van der Waals surface area contributed by atoms with Crippen LogP contribution in [0.25, 0.3) is 0 Å². The summed E-state index contributed by atoms with van der Waals surface area (Å²) in [6.07, 6.45) is 0. The van der Waals surface area contributed by atoms with Crippen LogP contribution in [0.4, 0.5) is 5.95 Å². The van der Waals surface area contributed by atoms with Crippen molar-refractivity contribution in [2.45, 2.75) is 0 Å². The molecule has 0 bridgehead atoms. The highest BCUT2D eigenvalue weighted by Crippen LogP contribution is 2.27. The van der Waals surface area contributed by atoms with Crippen molar-refractivity contribution >= 4 is 33.5 Å². The van der Waals surface area contributed by atoms with Gasteiger partial charge >= 0.3 is 6.01 Å². The zero-order valence-electron chi connectivity index (χ0n) is 8.82. The van der Waals surface area contributed by atoms with Gasteiger partial charge in [-0.3, -0.25) is 0 Å². The molecule has 0 spiro atoms. The van der Waals surface area contributed by atoms with Crippen LogP contribution in [-0.2, 0) is 0 Å². The number of ether oxygens (including phenoxy) is 1. The molecule has 0 saturated heterocycles. The van der Waals surface area contributed by atoms with Crippen molar-refractivity contribution in [3.8, 4) is 11.8 Å². The molecule has 88 valence electrons. The van der Waals surface area contributed by atoms with Crippen LogP contribution < -0.4 is 10.1 Å². The number of rotatable bonds is 3. The lowest BCUT2D eigenvalue weighted by Crippen LogP contribution is -2.01. The molecule has 0 unspecified atom stereocenters. The van der Waals surface area contributed by atoms with Crippen LogP contribution in [0.15, 0.2) is 28.7 Å². The Morgan fingerprint density at radius 1 is 1.24 bits per heavy atom. The minimum absolute atomic E-state index is 0.0754. The highest BCUT2D eigenvalue weighted by atomic mass is 79.9. The summed E-state index contributed by atoms with van der Waals surface area (Å²) in [4.78, 5) is 11.8. The second-order valence-corrected chi connectivity index (χ2v) is 4.19. The van der Waals surface area contributed by atoms with Gasteiger partial charge in [-0.25, -0.2) is 0 Å². The minimum atomic E-state index is 0.0754. The van der Waals surface area contributed by atoms with E-state index in [0.29, 0.717) is 11.7 Å². The maximum atomic E-state index is 5.74. The summed E-state index contributed by atoms with van der Waals surface area (Å²) in [7, 11) is 1.69. The molecule has 17 heavy (non-hydrogen) atoms. The second-order valence-electron chi connectivity index (χ2n) is 2.99. The molecule has 0 radical (unpaired) electrons. The number of benzene rings is 1. The molecule has 1 heterocycles. The Kier molecular flexibility index (Phi) is 3.75. The first kappa shape index (κ1) is 12.1. The number of nitrogens with zero attached hydrogens (tertiary/aromatic N) is 3. The lowest BCUT2D eigenvalue weighted by atomic mass is 10.3. The van der Waals surface area contributed by atoms with E-state index >= 15 is 0 Å². The number of hydrogen-bond acceptors (Lipinski definition) is 5. The quantitative estimate of drug-likeness (QED) is 0.943. The number of halogens is 2. The predicted octanol–water partition coefficient (Wildman–Crippen LogP) is 3.12. The number of aromatic nitrogens is 3. The first-order valence-electron chi connectivity index (χ1n) is 4.71. The van der Waals surface area contributed by atoms with E-state index in [9.17, 15) is 0 Å². The molecular weight excluding hydrogens is 307 g/mol. The normalized spacial score (nSPS) is 10.1. The fourth-order valence-electron chi connectivity index (χ4n) is 1.12. The van der Waals surface area contributed by atoms with E-state index in [1.165, 1.54) is 0 Å². The van der Waals surface area contributed by atoms with Crippen molar-refractivity contribution in [3.05, 3.63) is 34.0 Å². The molecular formula is C10H8BrClN4O. The zero-order chi connectivity index (χ0) is 12.3. The van der Waals surface area contributed by atoms with Crippen molar-refractivity contribution in [1.82, 2.24) is 15.0 Å². The van der Waals surface area contributed by atoms with Crippen LogP contribution in [0.1, 0.15) is 0 Å². The Bertz CT molecular complexity index is 537. The van der Waals surface area contributed by atoms with Crippen LogP contribution in [0.3, 0.4) is 0 Å². The lowest BCUT2D eigenvalue weighted by molar-refractivity contribution is 0.438. The molecule has 0 fully saturated rings. The third-order valence-corrected chi connectivity index (χ3v) is 2.67. The molecule has 7 heteroatoms. The summed E-state index contributed by atoms with van der Waals surface area (Å²) in [6, 6.07) is 7.53. The molecule has 1 aromatic carbocycles. The van der Waals surface area contributed by atoms with Crippen molar-refractivity contribution in [1.29, 1.82) is 0 Å². The van der Waals surface area contributed by atoms with E-state index in [1.807, 2.05) is 18.2 Å². The Morgan fingerprint density at radius 3 is 2.71 bits per heavy atom. The molecule has 1 aromatic heterocycles. The molecule has 2 rings (SSSR count). The SMILES string of the molecule is CNc1nc(Cl)nc(Oc2ccccc2Br)n1. The molecule has 0 aliphatic heterocycles. The van der Waals surface area contributed by atoms with Gasteiger partial charge in [0, 0.05) is 7.05 Å². The second kappa shape index (κ2) is 5.29. The van der Waals surface area contributed by atoms with Crippen molar-refractivity contribution in [2.75, 3.05) is 12.4 Å². The predicted molar refractivity (Wildman–Crippen MR) is 68.6 cm³/mol. The van der Waals surface area contributed by atoms with Crippen molar-refractivity contribution in [2.24, 2.45) is 0 Å². The fourth-order valence-corrected chi connectivity index (χ4v) is 1.63. The summed E-state index contributed by atoms with van der Waals surface area (Å²) < 4.78 is 6.31. The average Bonchev–Trinajstić information content (AvgIpc) is 2.31. The van der Waals surface area contributed by atoms with Crippen LogP contribution in [0, 0.1) is 0 Å². The number of para-hydroxylation sites is 1. The van der Waals surface area contributed by atoms with Gasteiger partial charge in [-0.2, -0.15) is 15.0 Å². The first-order chi connectivity index (χ1) is 8.19. The standard InChI is InChI=1S/C10H8BrClN4O/c1-13-9-14-8(12)15-10(16-9)17-7-5-3-2-4-6(7)11/h2-5H,1H3,(H,13,14,15,16). The molecule has 0 aliphatic rings. The highest BCUT2D eigenvalue weighted by molar-refractivity contribution is 9.10. The minimum Gasteiger partial charge on any atom is -0.423 e. The van der Waals surface area contributed by atoms with Crippen molar-refractivity contribution < 1.29 is 4.74 Å². The van der Waals surface area contributed by atoms with Gasteiger partial charge in [0.2, 0.25) is 11.2 Å². The van der Waals surface area contributed by atoms with Gasteiger partial charge in [0.15, 0.2) is 0 Å². The van der Waals surface area contributed by atoms with E-state index < -0.39 is 0 Å². The average molecular weight is 316 g/mol. The third kappa shape index (κ3) is 3.04. The molecule has 2 aromatic rings. The maximum absolute atomic E-state index is 5.74. The summed E-state index contributed by atoms with van der Waals surface area (Å²) >= 11 is 9.10. The van der Waals surface area contributed by atoms with Crippen LogP contribution in [-0.4, -0.2) is 22.0 Å². The van der Waals surface area contributed by atoms with Gasteiger partial charge in [0.25, 0.3) is 0 Å². The Morgan fingerprint density at radius 2 is 2.00 bits per heavy atom. The summed E-state index contributed by atoms with van der Waals surface area (Å²) in [5.41, 5.74) is 0.